The van der Waals surface area contributed by atoms with Gasteiger partial charge in [-0.1, -0.05) is 12.1 Å². The fraction of sp³-hybridized carbons (Fsp3) is 0.417. The molecule has 1 aromatic rings. The molecule has 1 aromatic carbocycles. The number of ether oxygens (including phenoxy) is 2. The van der Waals surface area contributed by atoms with E-state index in [1.54, 1.807) is 7.11 Å². The highest BCUT2D eigenvalue weighted by molar-refractivity contribution is 9.10. The van der Waals surface area contributed by atoms with Gasteiger partial charge in [-0.25, -0.2) is 0 Å². The Morgan fingerprint density at radius 1 is 1.50 bits per heavy atom. The maximum Gasteiger partial charge on any atom is 0.255 e. The molecule has 0 fully saturated rings. The van der Waals surface area contributed by atoms with Gasteiger partial charge < -0.3 is 20.5 Å². The molecule has 0 aliphatic heterocycles. The molecule has 100 valence electrons. The van der Waals surface area contributed by atoms with E-state index in [2.05, 4.69) is 21.2 Å². The zero-order chi connectivity index (χ0) is 13.4. The first-order valence-electron chi connectivity index (χ1n) is 5.53. The molecule has 0 saturated heterocycles. The number of nitrogens with two attached hydrogens (primary N) is 1. The van der Waals surface area contributed by atoms with Crippen molar-refractivity contribution in [3.05, 3.63) is 28.2 Å². The van der Waals surface area contributed by atoms with Gasteiger partial charge in [0.2, 0.25) is 0 Å². The third kappa shape index (κ3) is 5.03. The van der Waals surface area contributed by atoms with Crippen molar-refractivity contribution in [1.82, 2.24) is 5.32 Å². The summed E-state index contributed by atoms with van der Waals surface area (Å²) in [5.74, 6) is 0.144. The molecule has 0 bridgehead atoms. The van der Waals surface area contributed by atoms with Crippen molar-refractivity contribution in [3.8, 4) is 5.75 Å². The smallest absolute Gasteiger partial charge is 0.255 e. The Balaban J connectivity index is 2.64. The van der Waals surface area contributed by atoms with Crippen LogP contribution in [0.15, 0.2) is 22.7 Å². The Morgan fingerprint density at radius 3 is 2.94 bits per heavy atom. The number of carbonyl (C=O) groups is 1. The van der Waals surface area contributed by atoms with E-state index >= 15 is 0 Å². The number of amides is 1. The molecular formula is C12H17BrN2O3. The molecule has 0 atom stereocenters. The number of benzene rings is 1. The van der Waals surface area contributed by atoms with E-state index in [-0.39, 0.29) is 6.61 Å². The van der Waals surface area contributed by atoms with Gasteiger partial charge in [0.25, 0.3) is 5.91 Å². The van der Waals surface area contributed by atoms with E-state index in [4.69, 9.17) is 15.2 Å². The Morgan fingerprint density at radius 2 is 2.28 bits per heavy atom. The van der Waals surface area contributed by atoms with Crippen LogP contribution in [0.3, 0.4) is 0 Å². The summed E-state index contributed by atoms with van der Waals surface area (Å²) in [5, 5.41) is 3.22. The molecule has 0 unspecified atom stereocenters. The summed E-state index contributed by atoms with van der Waals surface area (Å²) in [6.07, 6.45) is 0. The third-order valence-corrected chi connectivity index (χ3v) is 2.83. The van der Waals surface area contributed by atoms with Crippen molar-refractivity contribution in [2.75, 3.05) is 26.9 Å². The van der Waals surface area contributed by atoms with Crippen molar-refractivity contribution in [2.24, 2.45) is 5.73 Å². The van der Waals surface area contributed by atoms with E-state index in [1.165, 1.54) is 0 Å². The fourth-order valence-electron chi connectivity index (χ4n) is 1.39. The quantitative estimate of drug-likeness (QED) is 0.703. The monoisotopic (exact) mass is 316 g/mol. The number of rotatable bonds is 8. The average molecular weight is 317 g/mol. The minimum atomic E-state index is -0.496. The molecule has 0 aliphatic carbocycles. The summed E-state index contributed by atoms with van der Waals surface area (Å²) >= 11 is 3.39. The molecule has 0 spiro atoms. The van der Waals surface area contributed by atoms with E-state index in [9.17, 15) is 4.79 Å². The highest BCUT2D eigenvalue weighted by Crippen LogP contribution is 2.28. The van der Waals surface area contributed by atoms with Crippen LogP contribution in [0.1, 0.15) is 5.56 Å². The summed E-state index contributed by atoms with van der Waals surface area (Å²) in [4.78, 5) is 10.7. The van der Waals surface area contributed by atoms with Crippen LogP contribution >= 0.6 is 15.9 Å². The first-order chi connectivity index (χ1) is 8.65. The van der Waals surface area contributed by atoms with Crippen LogP contribution in [0.25, 0.3) is 0 Å². The van der Waals surface area contributed by atoms with Gasteiger partial charge in [0, 0.05) is 25.8 Å². The van der Waals surface area contributed by atoms with Gasteiger partial charge in [0.1, 0.15) is 5.75 Å². The Labute approximate surface area is 115 Å². The summed E-state index contributed by atoms with van der Waals surface area (Å²) in [6, 6.07) is 5.70. The van der Waals surface area contributed by atoms with Gasteiger partial charge >= 0.3 is 0 Å². The highest BCUT2D eigenvalue weighted by Gasteiger charge is 2.08. The van der Waals surface area contributed by atoms with Gasteiger partial charge in [-0.3, -0.25) is 4.79 Å². The number of methoxy groups -OCH3 is 1. The van der Waals surface area contributed by atoms with Gasteiger partial charge in [0.15, 0.2) is 6.61 Å². The molecule has 0 aliphatic rings. The number of primary amides is 1. The molecule has 18 heavy (non-hydrogen) atoms. The van der Waals surface area contributed by atoms with Crippen molar-refractivity contribution in [1.29, 1.82) is 0 Å². The van der Waals surface area contributed by atoms with Crippen molar-refractivity contribution >= 4 is 21.8 Å². The maximum absolute atomic E-state index is 10.7. The molecule has 0 saturated carbocycles. The number of para-hydroxylation sites is 1. The summed E-state index contributed by atoms with van der Waals surface area (Å²) in [7, 11) is 1.65. The first-order valence-corrected chi connectivity index (χ1v) is 6.32. The maximum atomic E-state index is 10.7. The van der Waals surface area contributed by atoms with Gasteiger partial charge in [0.05, 0.1) is 11.1 Å². The van der Waals surface area contributed by atoms with Crippen molar-refractivity contribution in [3.63, 3.8) is 0 Å². The van der Waals surface area contributed by atoms with Crippen LogP contribution in [-0.2, 0) is 16.1 Å². The summed E-state index contributed by atoms with van der Waals surface area (Å²) in [5.41, 5.74) is 6.03. The standard InChI is InChI=1S/C12H17BrN2O3/c1-17-6-5-15-7-9-3-2-4-10(13)12(9)18-8-11(14)16/h2-4,15H,5-8H2,1H3,(H2,14,16). The molecular weight excluding hydrogens is 300 g/mol. The zero-order valence-corrected chi connectivity index (χ0v) is 11.8. The lowest BCUT2D eigenvalue weighted by Gasteiger charge is -2.12. The summed E-state index contributed by atoms with van der Waals surface area (Å²) < 4.78 is 11.1. The lowest BCUT2D eigenvalue weighted by Crippen LogP contribution is -2.22. The van der Waals surface area contributed by atoms with Crippen LogP contribution in [0.4, 0.5) is 0 Å². The minimum absolute atomic E-state index is 0.131. The topological polar surface area (TPSA) is 73.6 Å². The second-order valence-electron chi connectivity index (χ2n) is 3.65. The Hall–Kier alpha value is -1.11. The molecule has 0 heterocycles. The predicted molar refractivity (Wildman–Crippen MR) is 72.4 cm³/mol. The second kappa shape index (κ2) is 8.07. The van der Waals surface area contributed by atoms with E-state index in [0.29, 0.717) is 18.9 Å². The number of hydrogen-bond donors (Lipinski definition) is 2. The second-order valence-corrected chi connectivity index (χ2v) is 4.51. The molecule has 6 heteroatoms. The SMILES string of the molecule is COCCNCc1cccc(Br)c1OCC(N)=O. The van der Waals surface area contributed by atoms with Gasteiger partial charge in [-0.2, -0.15) is 0 Å². The van der Waals surface area contributed by atoms with Crippen LogP contribution < -0.4 is 15.8 Å². The third-order valence-electron chi connectivity index (χ3n) is 2.21. The normalized spacial score (nSPS) is 10.3. The number of nitrogens with one attached hydrogen (secondary N) is 1. The molecule has 0 radical (unpaired) electrons. The number of hydrogen-bond acceptors (Lipinski definition) is 4. The van der Waals surface area contributed by atoms with Crippen molar-refractivity contribution in [2.45, 2.75) is 6.54 Å². The first kappa shape index (κ1) is 14.9. The van der Waals surface area contributed by atoms with Crippen molar-refractivity contribution < 1.29 is 14.3 Å². The molecule has 1 rings (SSSR count). The average Bonchev–Trinajstić information content (AvgIpc) is 2.33. The van der Waals surface area contributed by atoms with Crippen LogP contribution in [0.5, 0.6) is 5.75 Å². The highest BCUT2D eigenvalue weighted by atomic mass is 79.9. The van der Waals surface area contributed by atoms with Gasteiger partial charge in [-0.05, 0) is 22.0 Å². The lowest BCUT2D eigenvalue weighted by atomic mass is 10.2. The molecule has 0 aromatic heterocycles. The van der Waals surface area contributed by atoms with E-state index in [0.717, 1.165) is 16.6 Å². The van der Waals surface area contributed by atoms with Crippen LogP contribution in [0, 0.1) is 0 Å². The van der Waals surface area contributed by atoms with Crippen LogP contribution in [-0.4, -0.2) is 32.8 Å². The molecule has 5 nitrogen and oxygen atoms in total. The molecule has 1 amide bonds. The van der Waals surface area contributed by atoms with Crippen LogP contribution in [0.2, 0.25) is 0 Å². The predicted octanol–water partition coefficient (Wildman–Crippen LogP) is 1.05. The number of halogens is 1. The lowest BCUT2D eigenvalue weighted by molar-refractivity contribution is -0.119. The number of carbonyl (C=O) groups excluding carboxylic acids is 1. The Kier molecular flexibility index (Phi) is 6.70. The largest absolute Gasteiger partial charge is 0.482 e. The Bertz CT molecular complexity index is 399. The van der Waals surface area contributed by atoms with Gasteiger partial charge in [-0.15, -0.1) is 0 Å². The minimum Gasteiger partial charge on any atom is -0.482 e. The molecule has 3 N–H and O–H groups in total. The van der Waals surface area contributed by atoms with E-state index < -0.39 is 5.91 Å². The zero-order valence-electron chi connectivity index (χ0n) is 10.2. The van der Waals surface area contributed by atoms with E-state index in [1.807, 2.05) is 18.2 Å². The summed E-state index contributed by atoms with van der Waals surface area (Å²) in [6.45, 7) is 1.90. The fourth-order valence-corrected chi connectivity index (χ4v) is 1.92.